The summed E-state index contributed by atoms with van der Waals surface area (Å²) in [5.74, 6) is 0.455. The number of likely N-dealkylation sites (tertiary alicyclic amines) is 1. The van der Waals surface area contributed by atoms with Gasteiger partial charge in [-0.15, -0.1) is 0 Å². The Morgan fingerprint density at radius 3 is 2.56 bits per heavy atom. The van der Waals surface area contributed by atoms with Gasteiger partial charge in [0.15, 0.2) is 6.35 Å². The first kappa shape index (κ1) is 22.5. The molecule has 0 aromatic heterocycles. The van der Waals surface area contributed by atoms with Crippen molar-refractivity contribution in [2.24, 2.45) is 5.92 Å². The van der Waals surface area contributed by atoms with Crippen LogP contribution in [-0.2, 0) is 16.1 Å². The van der Waals surface area contributed by atoms with Crippen LogP contribution in [0, 0.1) is 5.92 Å². The topological polar surface area (TPSA) is 56.8 Å². The highest BCUT2D eigenvalue weighted by molar-refractivity contribution is 6.30. The van der Waals surface area contributed by atoms with E-state index in [0.29, 0.717) is 0 Å². The SMILES string of the molecule is O=C(NC(CCN1CCC2(CC1)N[C@@H]1OC2N1Cc1ccc(Cl)cc1)c1ccccc1)C1CC1. The first-order valence-electron chi connectivity index (χ1n) is 12.6. The molecule has 0 radical (unpaired) electrons. The number of carbonyl (C=O) groups excluding carboxylic acids is 1. The van der Waals surface area contributed by atoms with Gasteiger partial charge in [-0.1, -0.05) is 54.1 Å². The summed E-state index contributed by atoms with van der Waals surface area (Å²) in [5, 5.41) is 7.87. The molecule has 6 nitrogen and oxygen atoms in total. The summed E-state index contributed by atoms with van der Waals surface area (Å²) in [6, 6.07) is 18.6. The number of carbonyl (C=O) groups is 1. The maximum Gasteiger partial charge on any atom is 0.223 e. The highest BCUT2D eigenvalue weighted by atomic mass is 35.5. The number of piperidine rings is 1. The molecule has 2 aromatic carbocycles. The van der Waals surface area contributed by atoms with E-state index in [4.69, 9.17) is 16.3 Å². The quantitative estimate of drug-likeness (QED) is 0.600. The summed E-state index contributed by atoms with van der Waals surface area (Å²) >= 11 is 6.04. The molecule has 4 saturated heterocycles. The molecule has 2 aromatic rings. The van der Waals surface area contributed by atoms with Crippen LogP contribution in [0.1, 0.15) is 49.3 Å². The van der Waals surface area contributed by atoms with Crippen molar-refractivity contribution in [3.8, 4) is 0 Å². The predicted octanol–water partition coefficient (Wildman–Crippen LogP) is 3.88. The van der Waals surface area contributed by atoms with E-state index in [9.17, 15) is 4.79 Å². The minimum atomic E-state index is 0.0207. The van der Waals surface area contributed by atoms with E-state index in [-0.39, 0.29) is 36.0 Å². The first-order chi connectivity index (χ1) is 16.6. The van der Waals surface area contributed by atoms with E-state index >= 15 is 0 Å². The van der Waals surface area contributed by atoms with Gasteiger partial charge in [-0.05, 0) is 55.4 Å². The average molecular weight is 481 g/mol. The van der Waals surface area contributed by atoms with Gasteiger partial charge in [-0.2, -0.15) is 0 Å². The number of nitrogens with one attached hydrogen (secondary N) is 2. The van der Waals surface area contributed by atoms with Gasteiger partial charge in [0.25, 0.3) is 0 Å². The standard InChI is InChI=1S/C27H33ClN4O2/c28-22-10-6-19(7-11-22)18-32-25-27(30-26(32)34-25)13-16-31(17-14-27)15-12-23(20-4-2-1-3-5-20)29-24(33)21-8-9-21/h1-7,10-11,21,23,25-26,30H,8-9,12-18H2,(H,29,33)/t23?,25?,26-/m0/s1. The number of ether oxygens (including phenoxy) is 1. The second-order valence-electron chi connectivity index (χ2n) is 10.3. The summed E-state index contributed by atoms with van der Waals surface area (Å²) in [7, 11) is 0. The van der Waals surface area contributed by atoms with Gasteiger partial charge >= 0.3 is 0 Å². The molecule has 1 aliphatic carbocycles. The van der Waals surface area contributed by atoms with E-state index in [1.807, 2.05) is 18.2 Å². The number of benzene rings is 2. The van der Waals surface area contributed by atoms with Gasteiger partial charge in [0.2, 0.25) is 5.91 Å². The molecule has 34 heavy (non-hydrogen) atoms. The molecule has 5 fully saturated rings. The Hall–Kier alpha value is -1.96. The summed E-state index contributed by atoms with van der Waals surface area (Å²) in [4.78, 5) is 17.4. The third kappa shape index (κ3) is 4.50. The molecule has 2 bridgehead atoms. The zero-order valence-corrected chi connectivity index (χ0v) is 20.2. The zero-order chi connectivity index (χ0) is 23.1. The summed E-state index contributed by atoms with van der Waals surface area (Å²) in [6.45, 7) is 3.97. The van der Waals surface area contributed by atoms with Crippen molar-refractivity contribution in [3.63, 3.8) is 0 Å². The smallest absolute Gasteiger partial charge is 0.223 e. The fourth-order valence-electron chi connectivity index (χ4n) is 5.71. The molecule has 5 aliphatic rings. The van der Waals surface area contributed by atoms with Crippen molar-refractivity contribution < 1.29 is 9.53 Å². The van der Waals surface area contributed by atoms with E-state index in [1.54, 1.807) is 0 Å². The maximum absolute atomic E-state index is 12.5. The number of rotatable bonds is 8. The zero-order valence-electron chi connectivity index (χ0n) is 19.5. The van der Waals surface area contributed by atoms with Gasteiger partial charge in [-0.25, -0.2) is 4.90 Å². The molecule has 4 heterocycles. The number of hydrogen-bond donors (Lipinski definition) is 2. The van der Waals surface area contributed by atoms with Gasteiger partial charge in [0.05, 0.1) is 11.6 Å². The molecule has 3 atom stereocenters. The Labute approximate surface area is 206 Å². The van der Waals surface area contributed by atoms with Crippen molar-refractivity contribution in [1.29, 1.82) is 0 Å². The first-order valence-corrected chi connectivity index (χ1v) is 13.0. The van der Waals surface area contributed by atoms with Crippen molar-refractivity contribution >= 4 is 17.5 Å². The normalized spacial score (nSPS) is 26.9. The molecule has 2 N–H and O–H groups in total. The Bertz CT molecular complexity index is 1010. The Balaban J connectivity index is 1.03. The molecule has 2 unspecified atom stereocenters. The van der Waals surface area contributed by atoms with Gasteiger partial charge in [-0.3, -0.25) is 10.1 Å². The Kier molecular flexibility index (Phi) is 6.12. The van der Waals surface area contributed by atoms with Crippen LogP contribution in [0.2, 0.25) is 5.02 Å². The molecular formula is C27H33ClN4O2. The summed E-state index contributed by atoms with van der Waals surface area (Å²) < 4.78 is 6.14. The van der Waals surface area contributed by atoms with Crippen molar-refractivity contribution in [2.75, 3.05) is 19.6 Å². The number of amides is 1. The van der Waals surface area contributed by atoms with Crippen LogP contribution in [0.5, 0.6) is 0 Å². The van der Waals surface area contributed by atoms with Crippen LogP contribution in [-0.4, -0.2) is 53.5 Å². The molecule has 4 aliphatic heterocycles. The second-order valence-corrected chi connectivity index (χ2v) is 10.8. The lowest BCUT2D eigenvalue weighted by Gasteiger charge is -2.45. The van der Waals surface area contributed by atoms with Crippen molar-refractivity contribution in [1.82, 2.24) is 20.4 Å². The van der Waals surface area contributed by atoms with E-state index in [2.05, 4.69) is 56.8 Å². The van der Waals surface area contributed by atoms with Gasteiger partial charge < -0.3 is 15.0 Å². The molecule has 7 heteroatoms. The van der Waals surface area contributed by atoms with Gasteiger partial charge in [0, 0.05) is 37.1 Å². The highest BCUT2D eigenvalue weighted by Gasteiger charge is 2.62. The summed E-state index contributed by atoms with van der Waals surface area (Å²) in [5.41, 5.74) is 2.51. The molecule has 180 valence electrons. The van der Waals surface area contributed by atoms with E-state index < -0.39 is 0 Å². The minimum Gasteiger partial charge on any atom is -0.349 e. The van der Waals surface area contributed by atoms with Crippen LogP contribution < -0.4 is 10.6 Å². The third-order valence-corrected chi connectivity index (χ3v) is 8.22. The fraction of sp³-hybridized carbons (Fsp3) is 0.519. The van der Waals surface area contributed by atoms with E-state index in [1.165, 1.54) is 11.1 Å². The van der Waals surface area contributed by atoms with Gasteiger partial charge in [0.1, 0.15) is 6.23 Å². The van der Waals surface area contributed by atoms with Crippen molar-refractivity contribution in [2.45, 2.75) is 62.8 Å². The minimum absolute atomic E-state index is 0.0207. The third-order valence-electron chi connectivity index (χ3n) is 7.97. The average Bonchev–Trinajstić information content (AvgIpc) is 3.60. The molecular weight excluding hydrogens is 448 g/mol. The molecule has 1 spiro atoms. The lowest BCUT2D eigenvalue weighted by atomic mass is 9.86. The Morgan fingerprint density at radius 2 is 1.85 bits per heavy atom. The number of hydrogen-bond acceptors (Lipinski definition) is 5. The lowest BCUT2D eigenvalue weighted by Crippen LogP contribution is -2.58. The molecule has 7 rings (SSSR count). The highest BCUT2D eigenvalue weighted by Crippen LogP contribution is 2.45. The monoisotopic (exact) mass is 480 g/mol. The van der Waals surface area contributed by atoms with Crippen molar-refractivity contribution in [3.05, 3.63) is 70.7 Å². The molecule has 1 saturated carbocycles. The number of halogens is 1. The van der Waals surface area contributed by atoms with E-state index in [0.717, 1.165) is 63.3 Å². The maximum atomic E-state index is 12.5. The van der Waals surface area contributed by atoms with Crippen LogP contribution in [0.4, 0.5) is 0 Å². The Morgan fingerprint density at radius 1 is 1.12 bits per heavy atom. The second kappa shape index (κ2) is 9.25. The lowest BCUT2D eigenvalue weighted by molar-refractivity contribution is -0.255. The van der Waals surface area contributed by atoms with Crippen LogP contribution in [0.25, 0.3) is 0 Å². The largest absolute Gasteiger partial charge is 0.349 e. The number of nitrogens with zero attached hydrogens (tertiary/aromatic N) is 2. The fourth-order valence-corrected chi connectivity index (χ4v) is 5.84. The summed E-state index contributed by atoms with van der Waals surface area (Å²) in [6.07, 6.45) is 5.33. The predicted molar refractivity (Wildman–Crippen MR) is 132 cm³/mol. The van der Waals surface area contributed by atoms with Crippen LogP contribution >= 0.6 is 11.6 Å². The molecule has 1 amide bonds. The van der Waals surface area contributed by atoms with Crippen LogP contribution in [0.15, 0.2) is 54.6 Å². The van der Waals surface area contributed by atoms with Crippen LogP contribution in [0.3, 0.4) is 0 Å².